The Kier molecular flexibility index (Phi) is 4.38. The molecule has 0 rings (SSSR count). The third-order valence-electron chi connectivity index (χ3n) is 1.15. The Morgan fingerprint density at radius 2 is 1.93 bits per heavy atom. The van der Waals surface area contributed by atoms with Crippen LogP contribution in [-0.4, -0.2) is 23.7 Å². The third-order valence-corrected chi connectivity index (χ3v) is 1.55. The summed E-state index contributed by atoms with van der Waals surface area (Å²) in [5.74, 6) is -1.92. The minimum Gasteiger partial charge on any atom is -0.501 e. The number of hydrogen-bond acceptors (Lipinski definition) is 2. The molecular weight excluding hydrogens is 228 g/mol. The molecule has 7 heteroatoms. The van der Waals surface area contributed by atoms with Gasteiger partial charge in [0.25, 0.3) is 0 Å². The number of ether oxygens (including phenoxy) is 1. The van der Waals surface area contributed by atoms with Crippen LogP contribution in [0.15, 0.2) is 12.3 Å². The summed E-state index contributed by atoms with van der Waals surface area (Å²) in [4.78, 5) is 10.6. The molecule has 0 amide bonds. The number of allylic oxidation sites excluding steroid dienone is 1. The number of ketones is 1. The van der Waals surface area contributed by atoms with Gasteiger partial charge in [-0.05, 0) is 6.92 Å². The Morgan fingerprint density at radius 3 is 2.29 bits per heavy atom. The van der Waals surface area contributed by atoms with Crippen molar-refractivity contribution in [2.75, 3.05) is 6.61 Å². The van der Waals surface area contributed by atoms with E-state index in [2.05, 4.69) is 16.3 Å². The Bertz CT molecular complexity index is 234. The molecule has 0 bridgehead atoms. The summed E-state index contributed by atoms with van der Waals surface area (Å²) in [7, 11) is 0. The van der Waals surface area contributed by atoms with Crippen LogP contribution in [0.2, 0.25) is 0 Å². The number of halogens is 5. The zero-order chi connectivity index (χ0) is 11.4. The lowest BCUT2D eigenvalue weighted by atomic mass is 10.2. The second kappa shape index (κ2) is 4.63. The molecule has 0 radical (unpaired) electrons. The summed E-state index contributed by atoms with van der Waals surface area (Å²) < 4.78 is 52.4. The van der Waals surface area contributed by atoms with Crippen LogP contribution < -0.4 is 0 Å². The summed E-state index contributed by atoms with van der Waals surface area (Å²) in [6, 6.07) is 0. The monoisotopic (exact) mass is 234 g/mol. The van der Waals surface area contributed by atoms with Crippen LogP contribution in [0.25, 0.3) is 0 Å². The van der Waals surface area contributed by atoms with Crippen LogP contribution >= 0.6 is 11.6 Å². The summed E-state index contributed by atoms with van der Waals surface area (Å²) in [5.41, 5.74) is 0. The number of hydrogen-bond donors (Lipinski definition) is 0. The molecule has 0 saturated carbocycles. The smallest absolute Gasteiger partial charge is 0.444 e. The minimum absolute atomic E-state index is 0.150. The van der Waals surface area contributed by atoms with E-state index >= 15 is 0 Å². The van der Waals surface area contributed by atoms with Crippen LogP contribution in [-0.2, 0) is 9.53 Å². The Balaban J connectivity index is 4.52. The second-order valence-electron chi connectivity index (χ2n) is 2.19. The van der Waals surface area contributed by atoms with Crippen molar-refractivity contribution in [1.82, 2.24) is 0 Å². The van der Waals surface area contributed by atoms with E-state index in [-0.39, 0.29) is 6.61 Å². The van der Waals surface area contributed by atoms with E-state index in [1.165, 1.54) is 0 Å². The van der Waals surface area contributed by atoms with E-state index in [1.807, 2.05) is 0 Å². The van der Waals surface area contributed by atoms with Gasteiger partial charge in [-0.2, -0.15) is 13.2 Å². The highest BCUT2D eigenvalue weighted by Gasteiger charge is 2.59. The van der Waals surface area contributed by atoms with Crippen LogP contribution in [0, 0.1) is 0 Å². The molecule has 0 aromatic rings. The number of rotatable bonds is 4. The highest BCUT2D eigenvalue weighted by Crippen LogP contribution is 2.38. The molecule has 0 aliphatic rings. The lowest BCUT2D eigenvalue weighted by molar-refractivity contribution is -0.196. The maximum atomic E-state index is 12.6. The predicted octanol–water partition coefficient (Wildman–Crippen LogP) is 2.57. The van der Waals surface area contributed by atoms with Crippen molar-refractivity contribution in [3.8, 4) is 0 Å². The fourth-order valence-corrected chi connectivity index (χ4v) is 0.513. The van der Waals surface area contributed by atoms with Gasteiger partial charge in [0, 0.05) is 6.08 Å². The first-order valence-electron chi connectivity index (χ1n) is 3.50. The largest absolute Gasteiger partial charge is 0.501 e. The molecule has 2 nitrogen and oxygen atoms in total. The topological polar surface area (TPSA) is 26.3 Å². The van der Waals surface area contributed by atoms with Crippen molar-refractivity contribution in [2.45, 2.75) is 18.2 Å². The van der Waals surface area contributed by atoms with Gasteiger partial charge in [0.15, 0.2) is 0 Å². The highest BCUT2D eigenvalue weighted by molar-refractivity contribution is 6.36. The maximum Gasteiger partial charge on any atom is 0.444 e. The summed E-state index contributed by atoms with van der Waals surface area (Å²) >= 11 is 4.39. The Labute approximate surface area is 82.5 Å². The Morgan fingerprint density at radius 1 is 1.43 bits per heavy atom. The SMILES string of the molecule is CCO/C=C/C(=O)C(F)(Cl)C(F)(F)F. The average Bonchev–Trinajstić information content (AvgIpc) is 2.02. The van der Waals surface area contributed by atoms with Crippen molar-refractivity contribution in [3.05, 3.63) is 12.3 Å². The van der Waals surface area contributed by atoms with Crippen LogP contribution in [0.1, 0.15) is 6.92 Å². The van der Waals surface area contributed by atoms with Crippen LogP contribution in [0.3, 0.4) is 0 Å². The molecule has 1 atom stereocenters. The first-order chi connectivity index (χ1) is 6.23. The van der Waals surface area contributed by atoms with Gasteiger partial charge in [0.05, 0.1) is 12.9 Å². The van der Waals surface area contributed by atoms with Gasteiger partial charge < -0.3 is 4.74 Å². The Hall–Kier alpha value is -0.780. The fourth-order valence-electron chi connectivity index (χ4n) is 0.450. The molecule has 0 aromatic carbocycles. The van der Waals surface area contributed by atoms with Gasteiger partial charge in [-0.25, -0.2) is 4.39 Å². The quantitative estimate of drug-likeness (QED) is 0.323. The van der Waals surface area contributed by atoms with Crippen molar-refractivity contribution in [2.24, 2.45) is 0 Å². The molecule has 0 aliphatic carbocycles. The van der Waals surface area contributed by atoms with Gasteiger partial charge in [-0.3, -0.25) is 4.79 Å². The summed E-state index contributed by atoms with van der Waals surface area (Å²) in [5, 5.41) is -4.39. The molecule has 0 N–H and O–H groups in total. The van der Waals surface area contributed by atoms with Crippen LogP contribution in [0.4, 0.5) is 17.6 Å². The predicted molar refractivity (Wildman–Crippen MR) is 41.5 cm³/mol. The molecule has 1 unspecified atom stereocenters. The zero-order valence-corrected chi connectivity index (χ0v) is 7.82. The van der Waals surface area contributed by atoms with Gasteiger partial charge in [-0.1, -0.05) is 11.6 Å². The van der Waals surface area contributed by atoms with Crippen molar-refractivity contribution < 1.29 is 27.1 Å². The minimum atomic E-state index is -5.44. The van der Waals surface area contributed by atoms with E-state index in [0.29, 0.717) is 12.3 Å². The second-order valence-corrected chi connectivity index (χ2v) is 2.72. The average molecular weight is 235 g/mol. The maximum absolute atomic E-state index is 12.6. The molecule has 0 fully saturated rings. The van der Waals surface area contributed by atoms with Crippen LogP contribution in [0.5, 0.6) is 0 Å². The van der Waals surface area contributed by atoms with E-state index < -0.39 is 17.1 Å². The standard InChI is InChI=1S/C7H7ClF4O2/c1-2-14-4-3-5(13)6(8,9)7(10,11)12/h3-4H,2H2,1H3/b4-3+. The van der Waals surface area contributed by atoms with Crippen molar-refractivity contribution in [3.63, 3.8) is 0 Å². The molecule has 14 heavy (non-hydrogen) atoms. The molecule has 0 heterocycles. The first-order valence-corrected chi connectivity index (χ1v) is 3.88. The molecule has 0 aliphatic heterocycles. The highest BCUT2D eigenvalue weighted by atomic mass is 35.5. The first kappa shape index (κ1) is 13.2. The van der Waals surface area contributed by atoms with E-state index in [0.717, 1.165) is 0 Å². The number of alkyl halides is 5. The van der Waals surface area contributed by atoms with Gasteiger partial charge >= 0.3 is 11.3 Å². The molecule has 0 aromatic heterocycles. The number of carbonyl (C=O) groups excluding carboxylic acids is 1. The molecular formula is C7H7ClF4O2. The van der Waals surface area contributed by atoms with Crippen molar-refractivity contribution >= 4 is 17.4 Å². The molecule has 0 spiro atoms. The summed E-state index contributed by atoms with van der Waals surface area (Å²) in [6.07, 6.45) is -4.49. The lowest BCUT2D eigenvalue weighted by Gasteiger charge is -2.17. The third kappa shape index (κ3) is 3.17. The number of carbonyl (C=O) groups is 1. The van der Waals surface area contributed by atoms with E-state index in [9.17, 15) is 22.4 Å². The van der Waals surface area contributed by atoms with Crippen molar-refractivity contribution in [1.29, 1.82) is 0 Å². The zero-order valence-electron chi connectivity index (χ0n) is 7.07. The fraction of sp³-hybridized carbons (Fsp3) is 0.571. The molecule has 0 saturated heterocycles. The lowest BCUT2D eigenvalue weighted by Crippen LogP contribution is -2.42. The van der Waals surface area contributed by atoms with Gasteiger partial charge in [-0.15, -0.1) is 0 Å². The van der Waals surface area contributed by atoms with E-state index in [4.69, 9.17) is 0 Å². The van der Waals surface area contributed by atoms with Gasteiger partial charge in [0.2, 0.25) is 5.78 Å². The normalized spacial score (nSPS) is 16.7. The summed E-state index contributed by atoms with van der Waals surface area (Å²) in [6.45, 7) is 1.69. The van der Waals surface area contributed by atoms with Gasteiger partial charge in [0.1, 0.15) is 0 Å². The van der Waals surface area contributed by atoms with E-state index in [1.54, 1.807) is 6.92 Å². The molecule has 82 valence electrons.